The molecule has 1 atom stereocenters. The van der Waals surface area contributed by atoms with Crippen molar-refractivity contribution in [2.24, 2.45) is 0 Å². The predicted octanol–water partition coefficient (Wildman–Crippen LogP) is 5.76. The van der Waals surface area contributed by atoms with Crippen LogP contribution in [0.3, 0.4) is 0 Å². The van der Waals surface area contributed by atoms with Crippen molar-refractivity contribution in [3.63, 3.8) is 0 Å². The Hall–Kier alpha value is -3.65. The van der Waals surface area contributed by atoms with E-state index in [-0.39, 0.29) is 23.9 Å². The number of carbonyl (C=O) groups excluding carboxylic acids is 2. The molecule has 0 radical (unpaired) electrons. The quantitative estimate of drug-likeness (QED) is 0.302. The van der Waals surface area contributed by atoms with Crippen LogP contribution in [0.1, 0.15) is 68.7 Å². The van der Waals surface area contributed by atoms with Crippen molar-refractivity contribution < 1.29 is 18.0 Å². The summed E-state index contributed by atoms with van der Waals surface area (Å²) in [6.07, 6.45) is 5.40. The summed E-state index contributed by atoms with van der Waals surface area (Å²) in [6, 6.07) is 24.0. The van der Waals surface area contributed by atoms with Gasteiger partial charge in [-0.25, -0.2) is 8.42 Å². The molecule has 43 heavy (non-hydrogen) atoms. The minimum Gasteiger partial charge on any atom is -0.352 e. The second kappa shape index (κ2) is 13.8. The van der Waals surface area contributed by atoms with Crippen molar-refractivity contribution in [2.45, 2.75) is 83.8 Å². The lowest BCUT2D eigenvalue weighted by molar-refractivity contribution is -0.140. The highest BCUT2D eigenvalue weighted by molar-refractivity contribution is 7.92. The lowest BCUT2D eigenvalue weighted by Crippen LogP contribution is -2.54. The van der Waals surface area contributed by atoms with Gasteiger partial charge in [0.2, 0.25) is 21.8 Å². The van der Waals surface area contributed by atoms with Crippen LogP contribution >= 0.6 is 0 Å². The average molecular weight is 604 g/mol. The van der Waals surface area contributed by atoms with E-state index >= 15 is 0 Å². The maximum atomic E-state index is 14.3. The molecule has 1 saturated carbocycles. The molecule has 0 aliphatic heterocycles. The van der Waals surface area contributed by atoms with E-state index in [2.05, 4.69) is 26.1 Å². The number of rotatable bonds is 11. The maximum absolute atomic E-state index is 14.3. The molecule has 1 aliphatic carbocycles. The minimum absolute atomic E-state index is 0.0787. The molecular weight excluding hydrogens is 558 g/mol. The van der Waals surface area contributed by atoms with Crippen LogP contribution in [-0.2, 0) is 38.0 Å². The third-order valence-electron chi connectivity index (χ3n) is 8.28. The van der Waals surface area contributed by atoms with Gasteiger partial charge in [-0.05, 0) is 59.6 Å². The first-order chi connectivity index (χ1) is 20.3. The highest BCUT2D eigenvalue weighted by atomic mass is 32.2. The molecular formula is C35H45N3O4S. The van der Waals surface area contributed by atoms with E-state index in [1.165, 1.54) is 0 Å². The molecule has 1 unspecified atom stereocenters. The lowest BCUT2D eigenvalue weighted by atomic mass is 9.87. The van der Waals surface area contributed by atoms with E-state index in [0.717, 1.165) is 58.5 Å². The van der Waals surface area contributed by atoms with Crippen molar-refractivity contribution in [3.05, 3.63) is 101 Å². The molecule has 0 spiro atoms. The highest BCUT2D eigenvalue weighted by Crippen LogP contribution is 2.27. The van der Waals surface area contributed by atoms with Crippen LogP contribution in [0.25, 0.3) is 0 Å². The van der Waals surface area contributed by atoms with Crippen LogP contribution in [0.15, 0.2) is 78.9 Å². The Morgan fingerprint density at radius 2 is 1.51 bits per heavy atom. The molecule has 1 N–H and O–H groups in total. The number of carbonyl (C=O) groups is 2. The van der Waals surface area contributed by atoms with E-state index in [9.17, 15) is 18.0 Å². The van der Waals surface area contributed by atoms with Gasteiger partial charge in [0.1, 0.15) is 12.6 Å². The Labute approximate surface area is 257 Å². The number of anilines is 1. The predicted molar refractivity (Wildman–Crippen MR) is 173 cm³/mol. The summed E-state index contributed by atoms with van der Waals surface area (Å²) < 4.78 is 27.3. The summed E-state index contributed by atoms with van der Waals surface area (Å²) in [5.41, 5.74) is 4.19. The van der Waals surface area contributed by atoms with Gasteiger partial charge in [-0.15, -0.1) is 0 Å². The second-order valence-corrected chi connectivity index (χ2v) is 14.6. The number of hydrogen-bond acceptors (Lipinski definition) is 4. The number of benzene rings is 3. The van der Waals surface area contributed by atoms with Gasteiger partial charge in [0.05, 0.1) is 11.9 Å². The number of amides is 2. The Bertz CT molecular complexity index is 1490. The molecule has 3 aromatic rings. The number of sulfonamides is 1. The highest BCUT2D eigenvalue weighted by Gasteiger charge is 2.34. The van der Waals surface area contributed by atoms with Gasteiger partial charge >= 0.3 is 0 Å². The molecule has 230 valence electrons. The van der Waals surface area contributed by atoms with E-state index in [1.54, 1.807) is 17.0 Å². The van der Waals surface area contributed by atoms with Crippen molar-refractivity contribution in [2.75, 3.05) is 17.1 Å². The fourth-order valence-corrected chi connectivity index (χ4v) is 6.48. The number of nitrogens with zero attached hydrogens (tertiary/aromatic N) is 2. The molecule has 0 bridgehead atoms. The average Bonchev–Trinajstić information content (AvgIpc) is 3.47. The molecule has 8 heteroatoms. The Morgan fingerprint density at radius 1 is 0.907 bits per heavy atom. The van der Waals surface area contributed by atoms with E-state index in [4.69, 9.17) is 0 Å². The zero-order valence-corrected chi connectivity index (χ0v) is 26.9. The van der Waals surface area contributed by atoms with Crippen LogP contribution in [0, 0.1) is 6.92 Å². The monoisotopic (exact) mass is 603 g/mol. The number of hydrogen-bond donors (Lipinski definition) is 1. The molecule has 1 aliphatic rings. The number of aryl methyl sites for hydroxylation is 1. The van der Waals surface area contributed by atoms with Crippen molar-refractivity contribution in [3.8, 4) is 0 Å². The van der Waals surface area contributed by atoms with Crippen LogP contribution in [0.4, 0.5) is 5.69 Å². The Balaban J connectivity index is 1.72. The molecule has 0 saturated heterocycles. The summed E-state index contributed by atoms with van der Waals surface area (Å²) in [5, 5.41) is 3.21. The molecule has 0 heterocycles. The van der Waals surface area contributed by atoms with Gasteiger partial charge in [-0.2, -0.15) is 0 Å². The third kappa shape index (κ3) is 8.69. The van der Waals surface area contributed by atoms with Crippen LogP contribution in [-0.4, -0.2) is 50.0 Å². The van der Waals surface area contributed by atoms with Gasteiger partial charge in [0, 0.05) is 19.0 Å². The first kappa shape index (κ1) is 32.3. The van der Waals surface area contributed by atoms with Gasteiger partial charge in [-0.1, -0.05) is 100 Å². The molecule has 2 amide bonds. The summed E-state index contributed by atoms with van der Waals surface area (Å²) in [5.74, 6) is -0.644. The van der Waals surface area contributed by atoms with E-state index in [0.29, 0.717) is 12.1 Å². The van der Waals surface area contributed by atoms with Crippen molar-refractivity contribution >= 4 is 27.5 Å². The van der Waals surface area contributed by atoms with Crippen LogP contribution in [0.5, 0.6) is 0 Å². The zero-order chi connectivity index (χ0) is 31.2. The molecule has 4 rings (SSSR count). The lowest BCUT2D eigenvalue weighted by Gasteiger charge is -2.34. The van der Waals surface area contributed by atoms with Crippen LogP contribution < -0.4 is 9.62 Å². The molecule has 3 aromatic carbocycles. The van der Waals surface area contributed by atoms with Gasteiger partial charge in [-0.3, -0.25) is 13.9 Å². The summed E-state index contributed by atoms with van der Waals surface area (Å²) >= 11 is 0. The third-order valence-corrected chi connectivity index (χ3v) is 9.42. The first-order valence-electron chi connectivity index (χ1n) is 15.1. The molecule has 7 nitrogen and oxygen atoms in total. The fourth-order valence-electron chi connectivity index (χ4n) is 5.63. The summed E-state index contributed by atoms with van der Waals surface area (Å²) in [4.78, 5) is 29.9. The van der Waals surface area contributed by atoms with Crippen LogP contribution in [0.2, 0.25) is 0 Å². The smallest absolute Gasteiger partial charge is 0.244 e. The number of nitrogens with one attached hydrogen (secondary N) is 1. The van der Waals surface area contributed by atoms with Gasteiger partial charge in [0.25, 0.3) is 0 Å². The first-order valence-corrected chi connectivity index (χ1v) is 16.9. The van der Waals surface area contributed by atoms with Crippen molar-refractivity contribution in [1.82, 2.24) is 10.2 Å². The van der Waals surface area contributed by atoms with E-state index in [1.807, 2.05) is 73.7 Å². The van der Waals surface area contributed by atoms with Crippen molar-refractivity contribution in [1.29, 1.82) is 0 Å². The second-order valence-electron chi connectivity index (χ2n) is 12.7. The Morgan fingerprint density at radius 3 is 2.09 bits per heavy atom. The van der Waals surface area contributed by atoms with Gasteiger partial charge < -0.3 is 10.2 Å². The minimum atomic E-state index is -3.81. The Kier molecular flexibility index (Phi) is 10.3. The molecule has 1 fully saturated rings. The standard InChI is InChI=1S/C35H45N3O4S/c1-26-13-9-10-16-28(26)24-37(32(23-27-14-7-6-8-15-27)34(40)36-30-17-11-12-18-30)33(39)25-38(43(5,41)42)31-21-19-29(20-22-31)35(2,3)4/h6-10,13-16,19-22,30,32H,11-12,17-18,23-25H2,1-5H3,(H,36,40). The normalized spacial score (nSPS) is 14.7. The molecule has 0 aromatic heterocycles. The summed E-state index contributed by atoms with van der Waals surface area (Å²) in [6.45, 7) is 8.01. The maximum Gasteiger partial charge on any atom is 0.244 e. The van der Waals surface area contributed by atoms with Gasteiger partial charge in [0.15, 0.2) is 0 Å². The largest absolute Gasteiger partial charge is 0.352 e. The zero-order valence-electron chi connectivity index (χ0n) is 26.0. The topological polar surface area (TPSA) is 86.8 Å². The summed E-state index contributed by atoms with van der Waals surface area (Å²) in [7, 11) is -3.81. The fraction of sp³-hybridized carbons (Fsp3) is 0.429. The van der Waals surface area contributed by atoms with E-state index < -0.39 is 28.5 Å². The SMILES string of the molecule is Cc1ccccc1CN(C(=O)CN(c1ccc(C(C)(C)C)cc1)S(C)(=O)=O)C(Cc1ccccc1)C(=O)NC1CCCC1.